The molecule has 2 amide bonds. The third-order valence-corrected chi connectivity index (χ3v) is 7.50. The van der Waals surface area contributed by atoms with Gasteiger partial charge in [0.1, 0.15) is 0 Å². The van der Waals surface area contributed by atoms with Crippen molar-refractivity contribution in [2.24, 2.45) is 0 Å². The lowest BCUT2D eigenvalue weighted by Gasteiger charge is -2.40. The average molecular weight is 504 g/mol. The quantitative estimate of drug-likeness (QED) is 0.620. The summed E-state index contributed by atoms with van der Waals surface area (Å²) >= 11 is 0. The number of amides is 2. The maximum Gasteiger partial charge on any atom is 0.416 e. The molecule has 182 valence electrons. The van der Waals surface area contributed by atoms with Crippen molar-refractivity contribution in [2.45, 2.75) is 24.0 Å². The number of hydrogen-bond acceptors (Lipinski definition) is 5. The first-order valence-corrected chi connectivity index (χ1v) is 11.5. The fourth-order valence-electron chi connectivity index (χ4n) is 3.81. The number of carbonyl (C=O) groups excluding carboxylic acids is 1. The molecule has 0 N–H and O–H groups in total. The molecule has 2 aromatic rings. The molecule has 0 fully saturated rings. The Labute approximate surface area is 200 Å². The number of carbonyl (C=O) groups is 1. The summed E-state index contributed by atoms with van der Waals surface area (Å²) in [5.74, 6) is 0. The molecule has 3 rings (SSSR count). The van der Waals surface area contributed by atoms with E-state index in [0.29, 0.717) is 0 Å². The van der Waals surface area contributed by atoms with Gasteiger partial charge in [0, 0.05) is 32.4 Å². The molecule has 0 spiro atoms. The maximum atomic E-state index is 13.4. The van der Waals surface area contributed by atoms with Crippen LogP contribution in [0.4, 0.5) is 23.7 Å². The summed E-state index contributed by atoms with van der Waals surface area (Å²) in [6.07, 6.45) is -4.64. The Morgan fingerprint density at radius 1 is 1.06 bits per heavy atom. The van der Waals surface area contributed by atoms with Gasteiger partial charge in [0.15, 0.2) is 0 Å². The van der Waals surface area contributed by atoms with Gasteiger partial charge in [-0.05, 0) is 37.3 Å². The molecule has 1 aliphatic rings. The highest BCUT2D eigenvalue weighted by Crippen LogP contribution is 2.41. The predicted octanol–water partition coefficient (Wildman–Crippen LogP) is 4.24. The summed E-state index contributed by atoms with van der Waals surface area (Å²) in [4.78, 5) is 15.2. The molecule has 12 heteroatoms. The molecule has 1 atom stereocenters. The van der Waals surface area contributed by atoms with Crippen LogP contribution in [0.15, 0.2) is 58.6 Å². The maximum absolute atomic E-state index is 13.4. The van der Waals surface area contributed by atoms with E-state index >= 15 is 0 Å². The van der Waals surface area contributed by atoms with E-state index in [2.05, 4.69) is 0 Å². The number of likely N-dealkylation sites (N-methyl/N-ethyl adjacent to an activating group) is 1. The zero-order chi connectivity index (χ0) is 26.3. The van der Waals surface area contributed by atoms with Crippen LogP contribution in [0.2, 0.25) is 0 Å². The minimum atomic E-state index is -4.64. The van der Waals surface area contributed by atoms with Crippen molar-refractivity contribution in [1.29, 1.82) is 10.5 Å². The van der Waals surface area contributed by atoms with Crippen molar-refractivity contribution in [1.82, 2.24) is 9.21 Å². The second-order valence-electron chi connectivity index (χ2n) is 7.94. The van der Waals surface area contributed by atoms with Gasteiger partial charge in [-0.3, -0.25) is 4.90 Å². The second kappa shape index (κ2) is 9.06. The zero-order valence-electron chi connectivity index (χ0n) is 19.1. The van der Waals surface area contributed by atoms with Crippen LogP contribution >= 0.6 is 0 Å². The van der Waals surface area contributed by atoms with E-state index in [0.717, 1.165) is 38.4 Å². The van der Waals surface area contributed by atoms with E-state index in [1.165, 1.54) is 46.3 Å². The van der Waals surface area contributed by atoms with Crippen LogP contribution < -0.4 is 4.90 Å². The fourth-order valence-corrected chi connectivity index (χ4v) is 4.95. The van der Waals surface area contributed by atoms with Crippen LogP contribution in [0.5, 0.6) is 0 Å². The number of halogens is 3. The molecule has 1 aliphatic heterocycles. The smallest absolute Gasteiger partial charge is 0.315 e. The highest BCUT2D eigenvalue weighted by molar-refractivity contribution is 7.89. The summed E-state index contributed by atoms with van der Waals surface area (Å²) in [5, 5.41) is 19.3. The normalized spacial score (nSPS) is 17.0. The molecule has 0 saturated carbocycles. The highest BCUT2D eigenvalue weighted by Gasteiger charge is 2.41. The first kappa shape index (κ1) is 25.7. The lowest BCUT2D eigenvalue weighted by molar-refractivity contribution is -0.137. The monoisotopic (exact) mass is 503 g/mol. The molecule has 0 radical (unpaired) electrons. The van der Waals surface area contributed by atoms with Crippen molar-refractivity contribution in [3.63, 3.8) is 0 Å². The molecule has 0 bridgehead atoms. The Bertz CT molecular complexity index is 1420. The predicted molar refractivity (Wildman–Crippen MR) is 120 cm³/mol. The summed E-state index contributed by atoms with van der Waals surface area (Å²) in [6, 6.07) is 9.94. The molecular weight excluding hydrogens is 483 g/mol. The first-order chi connectivity index (χ1) is 16.2. The van der Waals surface area contributed by atoms with E-state index in [1.807, 2.05) is 12.1 Å². The van der Waals surface area contributed by atoms with Crippen molar-refractivity contribution in [3.8, 4) is 12.1 Å². The third kappa shape index (κ3) is 4.46. The molecule has 0 saturated heterocycles. The standard InChI is InChI=1S/C23H20F3N5O3S/c1-14-19(13-28)21(18-9-8-15(12-27)10-20(18)35(33,34)29(2)3)30(4)22(32)31(14)17-7-5-6-16(11-17)23(24,25)26/h5-11,21H,1-4H3/t21-/m1/s1. The van der Waals surface area contributed by atoms with Crippen LogP contribution in [-0.4, -0.2) is 44.8 Å². The van der Waals surface area contributed by atoms with Crippen molar-refractivity contribution < 1.29 is 26.4 Å². The van der Waals surface area contributed by atoms with Crippen molar-refractivity contribution in [2.75, 3.05) is 26.0 Å². The third-order valence-electron chi connectivity index (χ3n) is 5.63. The molecule has 8 nitrogen and oxygen atoms in total. The van der Waals surface area contributed by atoms with Crippen LogP contribution in [0.3, 0.4) is 0 Å². The summed E-state index contributed by atoms with van der Waals surface area (Å²) < 4.78 is 66.8. The van der Waals surface area contributed by atoms with Crippen LogP contribution in [0.25, 0.3) is 0 Å². The zero-order valence-corrected chi connectivity index (χ0v) is 19.9. The molecular formula is C23H20F3N5O3S. The number of anilines is 1. The lowest BCUT2D eigenvalue weighted by Crippen LogP contribution is -2.48. The topological polar surface area (TPSA) is 109 Å². The van der Waals surface area contributed by atoms with Crippen LogP contribution in [0, 0.1) is 22.7 Å². The van der Waals surface area contributed by atoms with E-state index in [4.69, 9.17) is 0 Å². The number of urea groups is 1. The van der Waals surface area contributed by atoms with Crippen molar-refractivity contribution >= 4 is 21.7 Å². The Morgan fingerprint density at radius 2 is 1.71 bits per heavy atom. The molecule has 35 heavy (non-hydrogen) atoms. The van der Waals surface area contributed by atoms with Crippen LogP contribution in [0.1, 0.15) is 29.7 Å². The average Bonchev–Trinajstić information content (AvgIpc) is 2.80. The Morgan fingerprint density at radius 3 is 2.26 bits per heavy atom. The highest BCUT2D eigenvalue weighted by atomic mass is 32.2. The number of sulfonamides is 1. The van der Waals surface area contributed by atoms with E-state index in [9.17, 15) is 36.9 Å². The van der Waals surface area contributed by atoms with E-state index in [1.54, 1.807) is 0 Å². The van der Waals surface area contributed by atoms with Gasteiger partial charge in [-0.15, -0.1) is 0 Å². The number of hydrogen-bond donors (Lipinski definition) is 0. The second-order valence-corrected chi connectivity index (χ2v) is 10.1. The number of alkyl halides is 3. The number of nitrogens with zero attached hydrogens (tertiary/aromatic N) is 5. The lowest BCUT2D eigenvalue weighted by atomic mass is 9.93. The summed E-state index contributed by atoms with van der Waals surface area (Å²) in [6.45, 7) is 1.40. The van der Waals surface area contributed by atoms with Gasteiger partial charge >= 0.3 is 12.2 Å². The fraction of sp³-hybridized carbons (Fsp3) is 0.261. The van der Waals surface area contributed by atoms with E-state index < -0.39 is 33.8 Å². The van der Waals surface area contributed by atoms with Gasteiger partial charge in [-0.2, -0.15) is 23.7 Å². The number of allylic oxidation sites excluding steroid dienone is 1. The number of benzene rings is 2. The van der Waals surface area contributed by atoms with E-state index in [-0.39, 0.29) is 33.0 Å². The Hall–Kier alpha value is -3.87. The van der Waals surface area contributed by atoms with Gasteiger partial charge in [0.05, 0.1) is 45.5 Å². The summed E-state index contributed by atoms with van der Waals surface area (Å²) in [7, 11) is -0.170. The van der Waals surface area contributed by atoms with Gasteiger partial charge in [0.25, 0.3) is 0 Å². The Balaban J connectivity index is 2.28. The van der Waals surface area contributed by atoms with Gasteiger partial charge < -0.3 is 4.90 Å². The SMILES string of the molecule is CC1=C(C#N)[C@@H](c2ccc(C#N)cc2S(=O)(=O)N(C)C)N(C)C(=O)N1c1cccc(C(F)(F)F)c1. The molecule has 1 heterocycles. The first-order valence-electron chi connectivity index (χ1n) is 10.1. The minimum absolute atomic E-state index is 0.0376. The molecule has 2 aromatic carbocycles. The van der Waals surface area contributed by atoms with Crippen molar-refractivity contribution in [3.05, 3.63) is 70.4 Å². The molecule has 0 aliphatic carbocycles. The van der Waals surface area contributed by atoms with Gasteiger partial charge in [-0.25, -0.2) is 17.5 Å². The molecule has 0 unspecified atom stereocenters. The van der Waals surface area contributed by atoms with Crippen LogP contribution in [-0.2, 0) is 16.2 Å². The minimum Gasteiger partial charge on any atom is -0.315 e. The molecule has 0 aromatic heterocycles. The number of rotatable bonds is 4. The summed E-state index contributed by atoms with van der Waals surface area (Å²) in [5.41, 5.74) is -0.912. The number of nitriles is 2. The van der Waals surface area contributed by atoms with Gasteiger partial charge in [0.2, 0.25) is 10.0 Å². The van der Waals surface area contributed by atoms with Gasteiger partial charge in [-0.1, -0.05) is 12.1 Å². The Kier molecular flexibility index (Phi) is 6.66. The largest absolute Gasteiger partial charge is 0.416 e.